The number of carbonyl (C=O) groups is 1. The molecule has 3 nitrogen and oxygen atoms in total. The Balaban J connectivity index is 0.000000845. The first kappa shape index (κ1) is 11.0. The number of rotatable bonds is 2. The van der Waals surface area contributed by atoms with Crippen molar-refractivity contribution < 1.29 is 4.79 Å². The summed E-state index contributed by atoms with van der Waals surface area (Å²) in [6.07, 6.45) is 4.39. The number of carbonyl (C=O) groups excluding carboxylic acids is 1. The van der Waals surface area contributed by atoms with Gasteiger partial charge in [-0.05, 0) is 38.8 Å². The Labute approximate surface area is 85.1 Å². The van der Waals surface area contributed by atoms with Crippen LogP contribution in [0.1, 0.15) is 25.7 Å². The molecule has 2 aliphatic heterocycles. The molecule has 0 bridgehead atoms. The molecule has 0 aromatic carbocycles. The van der Waals surface area contributed by atoms with Crippen molar-refractivity contribution in [3.05, 3.63) is 0 Å². The van der Waals surface area contributed by atoms with E-state index >= 15 is 0 Å². The molecule has 2 saturated heterocycles. The Morgan fingerprint density at radius 2 is 1.46 bits per heavy atom. The maximum Gasteiger partial charge on any atom is 0.166 e. The summed E-state index contributed by atoms with van der Waals surface area (Å²) in [4.78, 5) is 11.7. The van der Waals surface area contributed by atoms with Crippen LogP contribution in [0.2, 0.25) is 0 Å². The van der Waals surface area contributed by atoms with Crippen LogP contribution in [-0.4, -0.2) is 31.0 Å². The predicted octanol–water partition coefficient (Wildman–Crippen LogP) is 0.481. The fourth-order valence-electron chi connectivity index (χ4n) is 2.10. The smallest absolute Gasteiger partial charge is 0.166 e. The van der Waals surface area contributed by atoms with Crippen molar-refractivity contribution >= 4 is 18.2 Å². The van der Waals surface area contributed by atoms with Gasteiger partial charge < -0.3 is 10.6 Å². The Bertz CT molecular complexity index is 156. The minimum atomic E-state index is 0. The monoisotopic (exact) mass is 204 g/mol. The Hall–Kier alpha value is -0.120. The summed E-state index contributed by atoms with van der Waals surface area (Å²) >= 11 is 0. The van der Waals surface area contributed by atoms with Crippen molar-refractivity contribution in [2.24, 2.45) is 0 Å². The summed E-state index contributed by atoms with van der Waals surface area (Å²) in [5.41, 5.74) is 0. The zero-order valence-electron chi connectivity index (χ0n) is 7.71. The first-order valence-electron chi connectivity index (χ1n) is 4.88. The fraction of sp³-hybridized carbons (Fsp3) is 0.889. The second-order valence-corrected chi connectivity index (χ2v) is 3.70. The Morgan fingerprint density at radius 1 is 1.00 bits per heavy atom. The van der Waals surface area contributed by atoms with E-state index < -0.39 is 0 Å². The molecule has 2 atom stereocenters. The predicted molar refractivity (Wildman–Crippen MR) is 54.3 cm³/mol. The summed E-state index contributed by atoms with van der Waals surface area (Å²) in [5.74, 6) is 0.394. The maximum absolute atomic E-state index is 11.7. The van der Waals surface area contributed by atoms with Crippen molar-refractivity contribution in [3.63, 3.8) is 0 Å². The van der Waals surface area contributed by atoms with Crippen molar-refractivity contribution in [1.82, 2.24) is 10.6 Å². The van der Waals surface area contributed by atoms with Gasteiger partial charge in [0.25, 0.3) is 0 Å². The Morgan fingerprint density at radius 3 is 1.77 bits per heavy atom. The molecule has 0 amide bonds. The summed E-state index contributed by atoms with van der Waals surface area (Å²) in [7, 11) is 0. The van der Waals surface area contributed by atoms with Crippen LogP contribution in [0.25, 0.3) is 0 Å². The van der Waals surface area contributed by atoms with E-state index in [0.717, 1.165) is 38.8 Å². The van der Waals surface area contributed by atoms with E-state index in [1.165, 1.54) is 0 Å². The molecular weight excluding hydrogens is 188 g/mol. The van der Waals surface area contributed by atoms with E-state index in [1.54, 1.807) is 0 Å². The number of ketones is 1. The van der Waals surface area contributed by atoms with Gasteiger partial charge in [0, 0.05) is 0 Å². The van der Waals surface area contributed by atoms with Gasteiger partial charge in [-0.25, -0.2) is 0 Å². The minimum absolute atomic E-state index is 0. The highest BCUT2D eigenvalue weighted by Crippen LogP contribution is 2.13. The van der Waals surface area contributed by atoms with Crippen molar-refractivity contribution in [2.75, 3.05) is 13.1 Å². The molecule has 2 rings (SSSR count). The average molecular weight is 205 g/mol. The zero-order valence-corrected chi connectivity index (χ0v) is 8.53. The quantitative estimate of drug-likeness (QED) is 0.688. The van der Waals surface area contributed by atoms with Gasteiger partial charge in [0.05, 0.1) is 12.1 Å². The van der Waals surface area contributed by atoms with Crippen LogP contribution in [0, 0.1) is 0 Å². The third-order valence-corrected chi connectivity index (χ3v) is 2.81. The molecule has 0 spiro atoms. The number of nitrogens with one attached hydrogen (secondary N) is 2. The molecule has 2 fully saturated rings. The highest BCUT2D eigenvalue weighted by Gasteiger charge is 2.30. The van der Waals surface area contributed by atoms with Gasteiger partial charge in [-0.2, -0.15) is 0 Å². The molecule has 0 saturated carbocycles. The van der Waals surface area contributed by atoms with Gasteiger partial charge >= 0.3 is 0 Å². The number of hydrogen-bond acceptors (Lipinski definition) is 3. The van der Waals surface area contributed by atoms with Crippen LogP contribution in [0.5, 0.6) is 0 Å². The second-order valence-electron chi connectivity index (χ2n) is 3.70. The third kappa shape index (κ3) is 2.42. The molecule has 0 aromatic heterocycles. The lowest BCUT2D eigenvalue weighted by Gasteiger charge is -2.14. The standard InChI is InChI=1S/C9H16N2O.ClH/c12-9(7-3-1-5-10-7)8-4-2-6-11-8;/h7-8,10-11H,1-6H2;1H. The molecule has 2 heterocycles. The van der Waals surface area contributed by atoms with Gasteiger partial charge in [-0.3, -0.25) is 4.79 Å². The molecule has 2 unspecified atom stereocenters. The summed E-state index contributed by atoms with van der Waals surface area (Å²) in [6.45, 7) is 2.03. The van der Waals surface area contributed by atoms with Crippen LogP contribution in [0.4, 0.5) is 0 Å². The highest BCUT2D eigenvalue weighted by molar-refractivity contribution is 5.89. The van der Waals surface area contributed by atoms with Gasteiger partial charge in [0.1, 0.15) is 0 Å². The summed E-state index contributed by atoms with van der Waals surface area (Å²) < 4.78 is 0. The normalized spacial score (nSPS) is 32.9. The van der Waals surface area contributed by atoms with Crippen LogP contribution >= 0.6 is 12.4 Å². The van der Waals surface area contributed by atoms with E-state index in [-0.39, 0.29) is 24.5 Å². The van der Waals surface area contributed by atoms with Gasteiger partial charge in [0.2, 0.25) is 0 Å². The van der Waals surface area contributed by atoms with Crippen molar-refractivity contribution in [3.8, 4) is 0 Å². The van der Waals surface area contributed by atoms with E-state index in [4.69, 9.17) is 0 Å². The SMILES string of the molecule is Cl.O=C(C1CCCN1)C1CCCN1. The summed E-state index contributed by atoms with van der Waals surface area (Å²) in [5, 5.41) is 6.49. The van der Waals surface area contributed by atoms with E-state index in [9.17, 15) is 4.79 Å². The molecule has 0 radical (unpaired) electrons. The molecule has 0 aromatic rings. The molecule has 4 heteroatoms. The molecular formula is C9H17ClN2O. The topological polar surface area (TPSA) is 41.1 Å². The average Bonchev–Trinajstić information content (AvgIpc) is 2.77. The van der Waals surface area contributed by atoms with E-state index in [2.05, 4.69) is 10.6 Å². The summed E-state index contributed by atoms with van der Waals surface area (Å²) in [6, 6.07) is 0.307. The third-order valence-electron chi connectivity index (χ3n) is 2.81. The van der Waals surface area contributed by atoms with Crippen LogP contribution in [0.3, 0.4) is 0 Å². The van der Waals surface area contributed by atoms with Crippen molar-refractivity contribution in [1.29, 1.82) is 0 Å². The number of halogens is 1. The molecule has 13 heavy (non-hydrogen) atoms. The number of hydrogen-bond donors (Lipinski definition) is 2. The van der Waals surface area contributed by atoms with Crippen LogP contribution in [0.15, 0.2) is 0 Å². The van der Waals surface area contributed by atoms with Gasteiger partial charge in [-0.1, -0.05) is 0 Å². The lowest BCUT2D eigenvalue weighted by molar-refractivity contribution is -0.122. The number of Topliss-reactive ketones (excluding diaryl/α,β-unsaturated/α-hetero) is 1. The lowest BCUT2D eigenvalue weighted by Crippen LogP contribution is -2.42. The maximum atomic E-state index is 11.7. The fourth-order valence-corrected chi connectivity index (χ4v) is 2.10. The lowest BCUT2D eigenvalue weighted by atomic mass is 10.0. The van der Waals surface area contributed by atoms with Crippen LogP contribution in [-0.2, 0) is 4.79 Å². The largest absolute Gasteiger partial charge is 0.307 e. The highest BCUT2D eigenvalue weighted by atomic mass is 35.5. The van der Waals surface area contributed by atoms with Gasteiger partial charge in [0.15, 0.2) is 5.78 Å². The molecule has 0 aliphatic carbocycles. The van der Waals surface area contributed by atoms with Gasteiger partial charge in [-0.15, -0.1) is 12.4 Å². The molecule has 2 N–H and O–H groups in total. The zero-order chi connectivity index (χ0) is 8.39. The first-order chi connectivity index (χ1) is 5.88. The molecule has 2 aliphatic rings. The minimum Gasteiger partial charge on any atom is -0.307 e. The van der Waals surface area contributed by atoms with Crippen molar-refractivity contribution in [2.45, 2.75) is 37.8 Å². The molecule has 76 valence electrons. The Kier molecular flexibility index (Phi) is 4.16. The van der Waals surface area contributed by atoms with E-state index in [1.807, 2.05) is 0 Å². The second kappa shape index (κ2) is 4.94. The first-order valence-corrected chi connectivity index (χ1v) is 4.88. The van der Waals surface area contributed by atoms with Crippen LogP contribution < -0.4 is 10.6 Å². The van der Waals surface area contributed by atoms with E-state index in [0.29, 0.717) is 5.78 Å².